The molecule has 0 radical (unpaired) electrons. The first kappa shape index (κ1) is 17.4. The number of benzene rings is 1. The third-order valence-corrected chi connectivity index (χ3v) is 3.66. The van der Waals surface area contributed by atoms with E-state index >= 15 is 0 Å². The maximum absolute atomic E-state index is 14.2. The van der Waals surface area contributed by atoms with Crippen LogP contribution < -0.4 is 5.32 Å². The molecular weight excluding hydrogens is 343 g/mol. The topological polar surface area (TPSA) is 109 Å². The Morgan fingerprint density at radius 2 is 1.88 bits per heavy atom. The summed E-state index contributed by atoms with van der Waals surface area (Å²) in [4.78, 5) is 23.1. The zero-order valence-corrected chi connectivity index (χ0v) is 13.4. The van der Waals surface area contributed by atoms with Crippen LogP contribution in [0.1, 0.15) is 10.4 Å². The van der Waals surface area contributed by atoms with Crippen LogP contribution in [0.25, 0.3) is 11.5 Å². The van der Waals surface area contributed by atoms with Crippen molar-refractivity contribution in [3.63, 3.8) is 0 Å². The Morgan fingerprint density at radius 3 is 2.54 bits per heavy atom. The molecule has 2 heterocycles. The highest BCUT2D eigenvalue weighted by Gasteiger charge is 2.22. The van der Waals surface area contributed by atoms with E-state index in [1.807, 2.05) is 0 Å². The number of carbonyl (C=O) groups excluding carboxylic acids is 1. The minimum absolute atomic E-state index is 0.0991. The quantitative estimate of drug-likeness (QED) is 0.608. The normalized spacial score (nSPS) is 11.9. The van der Waals surface area contributed by atoms with Crippen molar-refractivity contribution in [3.8, 4) is 11.5 Å². The molecule has 2 aromatic heterocycles. The molecule has 0 unspecified atom stereocenters. The van der Waals surface area contributed by atoms with E-state index in [2.05, 4.69) is 10.4 Å². The van der Waals surface area contributed by atoms with Gasteiger partial charge in [0.05, 0.1) is 12.7 Å². The average molecular weight is 358 g/mol. The molecule has 8 nitrogen and oxygen atoms in total. The Bertz CT molecular complexity index is 936. The van der Waals surface area contributed by atoms with Crippen molar-refractivity contribution in [1.82, 2.24) is 19.7 Å². The monoisotopic (exact) mass is 358 g/mol. The van der Waals surface area contributed by atoms with Crippen molar-refractivity contribution >= 4 is 11.9 Å². The fourth-order valence-corrected chi connectivity index (χ4v) is 2.40. The summed E-state index contributed by atoms with van der Waals surface area (Å²) in [6.07, 6.45) is 2.86. The molecule has 0 aliphatic heterocycles. The first-order valence-corrected chi connectivity index (χ1v) is 7.64. The van der Waals surface area contributed by atoms with Gasteiger partial charge in [-0.25, -0.2) is 13.9 Å². The summed E-state index contributed by atoms with van der Waals surface area (Å²) in [6, 6.07) is 9.44. The largest absolute Gasteiger partial charge is 0.479 e. The lowest BCUT2D eigenvalue weighted by molar-refractivity contribution is -0.146. The van der Waals surface area contributed by atoms with Crippen LogP contribution in [0.3, 0.4) is 0 Å². The molecule has 1 atom stereocenters. The summed E-state index contributed by atoms with van der Waals surface area (Å²) in [6.45, 7) is -0.468. The van der Waals surface area contributed by atoms with Gasteiger partial charge < -0.3 is 20.1 Å². The van der Waals surface area contributed by atoms with Gasteiger partial charge in [0.25, 0.3) is 5.91 Å². The molecule has 0 spiro atoms. The summed E-state index contributed by atoms with van der Waals surface area (Å²) in [5.41, 5.74) is 0.253. The molecule has 26 heavy (non-hydrogen) atoms. The van der Waals surface area contributed by atoms with E-state index in [0.29, 0.717) is 0 Å². The van der Waals surface area contributed by atoms with Crippen LogP contribution in [0.15, 0.2) is 55.0 Å². The molecule has 3 N–H and O–H groups in total. The highest BCUT2D eigenvalue weighted by molar-refractivity contribution is 5.97. The number of nitrogens with zero attached hydrogens (tertiary/aromatic N) is 3. The van der Waals surface area contributed by atoms with Gasteiger partial charge in [-0.15, -0.1) is 0 Å². The van der Waals surface area contributed by atoms with Crippen LogP contribution in [0, 0.1) is 5.82 Å². The maximum Gasteiger partial charge on any atom is 0.334 e. The van der Waals surface area contributed by atoms with E-state index < -0.39 is 30.3 Å². The second-order valence-electron chi connectivity index (χ2n) is 5.40. The van der Waals surface area contributed by atoms with E-state index in [4.69, 9.17) is 5.11 Å². The summed E-state index contributed by atoms with van der Waals surface area (Å²) in [7, 11) is 0. The molecule has 134 valence electrons. The van der Waals surface area contributed by atoms with Crippen molar-refractivity contribution in [2.24, 2.45) is 0 Å². The third kappa shape index (κ3) is 3.33. The molecule has 0 saturated carbocycles. The minimum atomic E-state index is -1.73. The van der Waals surface area contributed by atoms with Crippen LogP contribution in [0.5, 0.6) is 0 Å². The summed E-state index contributed by atoms with van der Waals surface area (Å²) < 4.78 is 17.0. The lowest BCUT2D eigenvalue weighted by atomic mass is 10.2. The van der Waals surface area contributed by atoms with Gasteiger partial charge in [-0.2, -0.15) is 5.10 Å². The summed E-state index contributed by atoms with van der Waals surface area (Å²) in [5, 5.41) is 24.4. The van der Waals surface area contributed by atoms with Gasteiger partial charge in [0.2, 0.25) is 0 Å². The van der Waals surface area contributed by atoms with Gasteiger partial charge in [-0.3, -0.25) is 4.79 Å². The first-order valence-electron chi connectivity index (χ1n) is 7.64. The highest BCUT2D eigenvalue weighted by Crippen LogP contribution is 2.21. The standard InChI is InChI=1S/C17H15FN4O4/c18-12-5-1-2-6-13(12)22-16(21-7-3-4-8-21)11(9-20-22)15(24)19-10-14(23)17(25)26/h1-9,14,23H,10H2,(H,19,24)(H,25,26)/t14-/m0/s1. The summed E-state index contributed by atoms with van der Waals surface area (Å²) in [5.74, 6) is -2.32. The van der Waals surface area contributed by atoms with Crippen LogP contribution >= 0.6 is 0 Å². The van der Waals surface area contributed by atoms with Gasteiger partial charge in [0, 0.05) is 12.4 Å². The Morgan fingerprint density at radius 1 is 1.19 bits per heavy atom. The zero-order valence-electron chi connectivity index (χ0n) is 13.4. The number of halogens is 1. The van der Waals surface area contributed by atoms with Crippen LogP contribution in [0.2, 0.25) is 0 Å². The molecule has 3 aromatic rings. The van der Waals surface area contributed by atoms with E-state index in [9.17, 15) is 19.1 Å². The smallest absolute Gasteiger partial charge is 0.334 e. The van der Waals surface area contributed by atoms with Crippen LogP contribution in [-0.2, 0) is 4.79 Å². The highest BCUT2D eigenvalue weighted by atomic mass is 19.1. The van der Waals surface area contributed by atoms with E-state index in [1.165, 1.54) is 23.0 Å². The fourth-order valence-electron chi connectivity index (χ4n) is 2.40. The van der Waals surface area contributed by atoms with Gasteiger partial charge >= 0.3 is 5.97 Å². The number of aliphatic hydroxyl groups excluding tert-OH is 1. The molecule has 0 saturated heterocycles. The number of aliphatic hydroxyl groups is 1. The second-order valence-corrected chi connectivity index (χ2v) is 5.40. The molecule has 0 bridgehead atoms. The Labute approximate surface area is 147 Å². The molecular formula is C17H15FN4O4. The Hall–Kier alpha value is -3.46. The Kier molecular flexibility index (Phi) is 4.81. The molecule has 3 rings (SSSR count). The lowest BCUT2D eigenvalue weighted by Crippen LogP contribution is -2.36. The number of rotatable bonds is 6. The number of aromatic nitrogens is 3. The number of nitrogens with one attached hydrogen (secondary N) is 1. The summed E-state index contributed by atoms with van der Waals surface area (Å²) >= 11 is 0. The van der Waals surface area contributed by atoms with E-state index in [1.54, 1.807) is 41.2 Å². The van der Waals surface area contributed by atoms with Gasteiger partial charge in [-0.05, 0) is 24.3 Å². The van der Waals surface area contributed by atoms with Crippen molar-refractivity contribution in [2.45, 2.75) is 6.10 Å². The SMILES string of the molecule is O=C(NC[C@H](O)C(=O)O)c1cnn(-c2ccccc2F)c1-n1cccc1. The molecule has 1 aromatic carbocycles. The number of carboxylic acids is 1. The van der Waals surface area contributed by atoms with Gasteiger partial charge in [0.15, 0.2) is 11.9 Å². The molecule has 0 aliphatic rings. The van der Waals surface area contributed by atoms with Crippen molar-refractivity contribution in [1.29, 1.82) is 0 Å². The number of para-hydroxylation sites is 1. The number of carbonyl (C=O) groups is 2. The average Bonchev–Trinajstić information content (AvgIpc) is 3.28. The zero-order chi connectivity index (χ0) is 18.7. The Balaban J connectivity index is 2.00. The number of hydrogen-bond acceptors (Lipinski definition) is 4. The lowest BCUT2D eigenvalue weighted by Gasteiger charge is -2.12. The predicted octanol–water partition coefficient (Wildman–Crippen LogP) is 0.977. The third-order valence-electron chi connectivity index (χ3n) is 3.66. The molecule has 0 fully saturated rings. The first-order chi connectivity index (χ1) is 12.5. The minimum Gasteiger partial charge on any atom is -0.479 e. The van der Waals surface area contributed by atoms with Crippen molar-refractivity contribution in [2.75, 3.05) is 6.54 Å². The number of amides is 1. The van der Waals surface area contributed by atoms with Crippen molar-refractivity contribution < 1.29 is 24.2 Å². The second kappa shape index (κ2) is 7.19. The fraction of sp³-hybridized carbons (Fsp3) is 0.118. The molecule has 9 heteroatoms. The number of carboxylic acid groups (broad SMARTS) is 1. The van der Waals surface area contributed by atoms with E-state index in [0.717, 1.165) is 0 Å². The molecule has 0 aliphatic carbocycles. The van der Waals surface area contributed by atoms with E-state index in [-0.39, 0.29) is 17.1 Å². The van der Waals surface area contributed by atoms with Gasteiger partial charge in [0.1, 0.15) is 17.1 Å². The number of hydrogen-bond donors (Lipinski definition) is 3. The van der Waals surface area contributed by atoms with Gasteiger partial charge in [-0.1, -0.05) is 12.1 Å². The van der Waals surface area contributed by atoms with Crippen LogP contribution in [-0.4, -0.2) is 49.1 Å². The molecule has 1 amide bonds. The maximum atomic E-state index is 14.2. The van der Waals surface area contributed by atoms with Crippen LogP contribution in [0.4, 0.5) is 4.39 Å². The van der Waals surface area contributed by atoms with Crippen molar-refractivity contribution in [3.05, 3.63) is 66.4 Å². The predicted molar refractivity (Wildman–Crippen MR) is 88.8 cm³/mol. The number of aliphatic carboxylic acids is 1.